The Bertz CT molecular complexity index is 363. The number of halogens is 1. The summed E-state index contributed by atoms with van der Waals surface area (Å²) >= 11 is 7.82. The lowest BCUT2D eigenvalue weighted by molar-refractivity contribution is 0.199. The molecular formula is C13H20ClNO2S. The topological polar surface area (TPSA) is 41.5 Å². The quantitative estimate of drug-likeness (QED) is 0.570. The molecule has 0 bridgehead atoms. The molecule has 0 radical (unpaired) electrons. The van der Waals surface area contributed by atoms with Gasteiger partial charge < -0.3 is 15.2 Å². The summed E-state index contributed by atoms with van der Waals surface area (Å²) in [6.07, 6.45) is 0. The molecule has 0 spiro atoms. The summed E-state index contributed by atoms with van der Waals surface area (Å²) < 4.78 is 4.99. The molecule has 5 heteroatoms. The van der Waals surface area contributed by atoms with Gasteiger partial charge in [-0.25, -0.2) is 0 Å². The third-order valence-electron chi connectivity index (χ3n) is 2.42. The Hall–Kier alpha value is -0.260. The predicted molar refractivity (Wildman–Crippen MR) is 77.4 cm³/mol. The minimum Gasteiger partial charge on any atom is -0.395 e. The van der Waals surface area contributed by atoms with Gasteiger partial charge in [0.15, 0.2) is 0 Å². The summed E-state index contributed by atoms with van der Waals surface area (Å²) in [4.78, 5) is 1.05. The van der Waals surface area contributed by atoms with Crippen molar-refractivity contribution in [3.8, 4) is 0 Å². The summed E-state index contributed by atoms with van der Waals surface area (Å²) in [5.74, 6) is 0. The van der Waals surface area contributed by atoms with Crippen molar-refractivity contribution in [3.63, 3.8) is 0 Å². The average molecular weight is 290 g/mol. The van der Waals surface area contributed by atoms with Crippen LogP contribution in [0.3, 0.4) is 0 Å². The fraction of sp³-hybridized carbons (Fsp3) is 0.538. The third kappa shape index (κ3) is 5.16. The molecule has 18 heavy (non-hydrogen) atoms. The van der Waals surface area contributed by atoms with Gasteiger partial charge >= 0.3 is 0 Å². The van der Waals surface area contributed by atoms with Crippen LogP contribution in [0.4, 0.5) is 0 Å². The molecule has 3 nitrogen and oxygen atoms in total. The van der Waals surface area contributed by atoms with E-state index in [1.807, 2.05) is 19.1 Å². The van der Waals surface area contributed by atoms with Crippen molar-refractivity contribution in [2.45, 2.75) is 23.6 Å². The second kappa shape index (κ2) is 8.77. The van der Waals surface area contributed by atoms with Crippen molar-refractivity contribution in [1.82, 2.24) is 5.32 Å². The zero-order chi connectivity index (χ0) is 13.4. The first-order chi connectivity index (χ1) is 8.69. The van der Waals surface area contributed by atoms with Gasteiger partial charge in [-0.1, -0.05) is 30.7 Å². The number of methoxy groups -OCH3 is 1. The maximum Gasteiger partial charge on any atom is 0.0587 e. The Morgan fingerprint density at radius 3 is 2.94 bits per heavy atom. The van der Waals surface area contributed by atoms with E-state index in [1.165, 1.54) is 0 Å². The largest absolute Gasteiger partial charge is 0.395 e. The van der Waals surface area contributed by atoms with Crippen molar-refractivity contribution in [2.24, 2.45) is 0 Å². The fourth-order valence-electron chi connectivity index (χ4n) is 1.46. The van der Waals surface area contributed by atoms with Crippen LogP contribution >= 0.6 is 23.4 Å². The zero-order valence-electron chi connectivity index (χ0n) is 10.8. The summed E-state index contributed by atoms with van der Waals surface area (Å²) in [7, 11) is 1.69. The van der Waals surface area contributed by atoms with Crippen LogP contribution in [-0.4, -0.2) is 37.2 Å². The Morgan fingerprint density at radius 2 is 2.28 bits per heavy atom. The zero-order valence-corrected chi connectivity index (χ0v) is 12.4. The smallest absolute Gasteiger partial charge is 0.0587 e. The van der Waals surface area contributed by atoms with E-state index in [1.54, 1.807) is 18.9 Å². The highest BCUT2D eigenvalue weighted by atomic mass is 35.5. The van der Waals surface area contributed by atoms with Gasteiger partial charge in [-0.3, -0.25) is 0 Å². The van der Waals surface area contributed by atoms with Gasteiger partial charge in [-0.15, -0.1) is 11.8 Å². The molecule has 1 atom stereocenters. The molecule has 1 aromatic rings. The second-order valence-corrected chi connectivity index (χ2v) is 5.86. The van der Waals surface area contributed by atoms with Gasteiger partial charge in [0, 0.05) is 30.3 Å². The van der Waals surface area contributed by atoms with E-state index in [0.717, 1.165) is 28.6 Å². The summed E-state index contributed by atoms with van der Waals surface area (Å²) in [6.45, 7) is 4.38. The van der Waals surface area contributed by atoms with Gasteiger partial charge in [-0.05, 0) is 11.6 Å². The average Bonchev–Trinajstić information content (AvgIpc) is 2.38. The van der Waals surface area contributed by atoms with Gasteiger partial charge in [0.05, 0.1) is 18.2 Å². The van der Waals surface area contributed by atoms with Crippen molar-refractivity contribution in [2.75, 3.05) is 26.9 Å². The van der Waals surface area contributed by atoms with Crippen molar-refractivity contribution in [3.05, 3.63) is 28.8 Å². The molecule has 0 aliphatic rings. The van der Waals surface area contributed by atoms with Crippen LogP contribution in [-0.2, 0) is 11.3 Å². The molecule has 0 aromatic heterocycles. The normalized spacial score (nSPS) is 12.7. The molecule has 0 fully saturated rings. The van der Waals surface area contributed by atoms with Crippen molar-refractivity contribution in [1.29, 1.82) is 0 Å². The van der Waals surface area contributed by atoms with Crippen LogP contribution in [0.5, 0.6) is 0 Å². The molecule has 0 heterocycles. The summed E-state index contributed by atoms with van der Waals surface area (Å²) in [6, 6.07) is 5.88. The van der Waals surface area contributed by atoms with E-state index in [0.29, 0.717) is 6.61 Å². The Labute approximate surface area is 118 Å². The number of hydrogen-bond acceptors (Lipinski definition) is 4. The minimum absolute atomic E-state index is 0.141. The number of hydrogen-bond donors (Lipinski definition) is 2. The van der Waals surface area contributed by atoms with E-state index in [-0.39, 0.29) is 11.9 Å². The first kappa shape index (κ1) is 15.8. The lowest BCUT2D eigenvalue weighted by Crippen LogP contribution is -2.19. The summed E-state index contributed by atoms with van der Waals surface area (Å²) in [5, 5.41) is 13.3. The molecule has 2 N–H and O–H groups in total. The molecule has 1 unspecified atom stereocenters. The van der Waals surface area contributed by atoms with E-state index >= 15 is 0 Å². The molecule has 102 valence electrons. The monoisotopic (exact) mass is 289 g/mol. The lowest BCUT2D eigenvalue weighted by Gasteiger charge is -2.14. The number of aliphatic hydroxyl groups excluding tert-OH is 1. The number of rotatable bonds is 8. The van der Waals surface area contributed by atoms with Gasteiger partial charge in [-0.2, -0.15) is 0 Å². The number of ether oxygens (including phenoxy) is 1. The fourth-order valence-corrected chi connectivity index (χ4v) is 2.74. The highest BCUT2D eigenvalue weighted by molar-refractivity contribution is 8.00. The third-order valence-corrected chi connectivity index (χ3v) is 4.12. The maximum atomic E-state index is 9.13. The number of aliphatic hydroxyl groups is 1. The minimum atomic E-state index is 0.141. The Balaban J connectivity index is 2.67. The van der Waals surface area contributed by atoms with Crippen LogP contribution in [0.2, 0.25) is 5.02 Å². The maximum absolute atomic E-state index is 9.13. The first-order valence-electron chi connectivity index (χ1n) is 5.93. The van der Waals surface area contributed by atoms with E-state index < -0.39 is 0 Å². The molecule has 0 aliphatic carbocycles. The molecule has 0 saturated heterocycles. The standard InChI is InChI=1S/C13H20ClNO2S/c1-10(9-16)18-13-11(4-3-5-12(13)14)8-15-6-7-17-2/h3-5,10,15-16H,6-9H2,1-2H3. The molecule has 1 rings (SSSR count). The van der Waals surface area contributed by atoms with Gasteiger partial charge in [0.2, 0.25) is 0 Å². The van der Waals surface area contributed by atoms with Gasteiger partial charge in [0.25, 0.3) is 0 Å². The van der Waals surface area contributed by atoms with Crippen molar-refractivity contribution >= 4 is 23.4 Å². The SMILES string of the molecule is COCCNCc1cccc(Cl)c1SC(C)CO. The van der Waals surface area contributed by atoms with E-state index in [9.17, 15) is 0 Å². The Kier molecular flexibility index (Phi) is 7.70. The van der Waals surface area contributed by atoms with Gasteiger partial charge in [0.1, 0.15) is 0 Å². The number of thioether (sulfide) groups is 1. The Morgan fingerprint density at radius 1 is 1.50 bits per heavy atom. The number of benzene rings is 1. The van der Waals surface area contributed by atoms with Crippen LogP contribution in [0.15, 0.2) is 23.1 Å². The highest BCUT2D eigenvalue weighted by Crippen LogP contribution is 2.33. The predicted octanol–water partition coefficient (Wildman–Crippen LogP) is 2.55. The molecule has 1 aromatic carbocycles. The molecule has 0 amide bonds. The van der Waals surface area contributed by atoms with Crippen LogP contribution < -0.4 is 5.32 Å². The molecule has 0 aliphatic heterocycles. The van der Waals surface area contributed by atoms with Crippen molar-refractivity contribution < 1.29 is 9.84 Å². The van der Waals surface area contributed by atoms with E-state index in [2.05, 4.69) is 11.4 Å². The first-order valence-corrected chi connectivity index (χ1v) is 7.19. The molecular weight excluding hydrogens is 270 g/mol. The lowest BCUT2D eigenvalue weighted by atomic mass is 10.2. The number of nitrogens with one attached hydrogen (secondary N) is 1. The second-order valence-electron chi connectivity index (χ2n) is 4.01. The van der Waals surface area contributed by atoms with Crippen LogP contribution in [0.1, 0.15) is 12.5 Å². The van der Waals surface area contributed by atoms with E-state index in [4.69, 9.17) is 21.4 Å². The highest BCUT2D eigenvalue weighted by Gasteiger charge is 2.11. The van der Waals surface area contributed by atoms with Crippen LogP contribution in [0.25, 0.3) is 0 Å². The van der Waals surface area contributed by atoms with Crippen LogP contribution in [0, 0.1) is 0 Å². The summed E-state index contributed by atoms with van der Waals surface area (Å²) in [5.41, 5.74) is 1.16. The molecule has 0 saturated carbocycles.